The predicted octanol–water partition coefficient (Wildman–Crippen LogP) is 2.78. The number of benzene rings is 2. The molecular weight excluding hydrogens is 298 g/mol. The van der Waals surface area contributed by atoms with Crippen molar-refractivity contribution in [2.75, 3.05) is 0 Å². The number of hydrogen-bond acceptors (Lipinski definition) is 2. The number of para-hydroxylation sites is 2. The summed E-state index contributed by atoms with van der Waals surface area (Å²) >= 11 is 0. The van der Waals surface area contributed by atoms with Gasteiger partial charge in [-0.3, -0.25) is 0 Å². The molecule has 0 heterocycles. The first-order valence-corrected chi connectivity index (χ1v) is 4.27. The van der Waals surface area contributed by atoms with Gasteiger partial charge in [0.1, 0.15) is 11.5 Å². The van der Waals surface area contributed by atoms with Crippen molar-refractivity contribution in [2.24, 2.45) is 0 Å². The maximum Gasteiger partial charge on any atom is 0.115 e. The van der Waals surface area contributed by atoms with Crippen LogP contribution in [0.1, 0.15) is 0 Å². The molecule has 0 aliphatic carbocycles. The minimum atomic E-state index is 0. The third kappa shape index (κ3) is 8.37. The Hall–Kier alpha value is -0.947. The molecule has 0 bridgehead atoms. The number of hydrogen-bond donors (Lipinski definition) is 2. The second kappa shape index (κ2) is 10.6. The molecule has 0 spiro atoms. The van der Waals surface area contributed by atoms with Crippen LogP contribution in [0.2, 0.25) is 0 Å². The zero-order valence-electron chi connectivity index (χ0n) is 8.29. The van der Waals surface area contributed by atoms with Crippen LogP contribution < -0.4 is 0 Å². The molecule has 2 rings (SSSR count). The van der Waals surface area contributed by atoms with Gasteiger partial charge in [0, 0.05) is 33.6 Å². The monoisotopic (exact) mass is 309 g/mol. The van der Waals surface area contributed by atoms with Crippen molar-refractivity contribution in [3.63, 3.8) is 0 Å². The maximum atomic E-state index is 8.63. The van der Waals surface area contributed by atoms with E-state index in [-0.39, 0.29) is 33.6 Å². The molecule has 4 heteroatoms. The van der Waals surface area contributed by atoms with Crippen molar-refractivity contribution in [3.05, 3.63) is 60.7 Å². The van der Waals surface area contributed by atoms with Gasteiger partial charge >= 0.3 is 0 Å². The van der Waals surface area contributed by atoms with Crippen LogP contribution in [0.25, 0.3) is 0 Å². The normalized spacial score (nSPS) is 7.50. The van der Waals surface area contributed by atoms with Gasteiger partial charge in [-0.15, -0.1) is 0 Å². The van der Waals surface area contributed by atoms with Crippen LogP contribution in [0.3, 0.4) is 0 Å². The summed E-state index contributed by atoms with van der Waals surface area (Å²) in [7, 11) is 0. The molecule has 0 saturated carbocycles. The van der Waals surface area contributed by atoms with E-state index in [9.17, 15) is 0 Å². The smallest absolute Gasteiger partial charge is 0.115 e. The van der Waals surface area contributed by atoms with Crippen molar-refractivity contribution in [1.29, 1.82) is 0 Å². The van der Waals surface area contributed by atoms with E-state index in [1.54, 1.807) is 48.5 Å². The molecule has 0 aliphatic heterocycles. The van der Waals surface area contributed by atoms with Gasteiger partial charge in [-0.25, -0.2) is 0 Å². The molecule has 0 aliphatic rings. The summed E-state index contributed by atoms with van der Waals surface area (Å²) in [6.07, 6.45) is 0. The summed E-state index contributed by atoms with van der Waals surface area (Å²) in [5.74, 6) is 0.644. The molecule has 0 atom stereocenters. The molecule has 0 fully saturated rings. The minimum Gasteiger partial charge on any atom is -0.508 e. The minimum absolute atomic E-state index is 0. The van der Waals surface area contributed by atoms with Gasteiger partial charge in [-0.05, 0) is 24.3 Å². The van der Waals surface area contributed by atoms with E-state index in [2.05, 4.69) is 0 Å². The molecule has 2 aromatic carbocycles. The van der Waals surface area contributed by atoms with Crippen LogP contribution in [0.4, 0.5) is 0 Å². The first-order valence-electron chi connectivity index (χ1n) is 4.27. The zero-order valence-corrected chi connectivity index (χ0v) is 10.2. The van der Waals surface area contributed by atoms with Gasteiger partial charge in [0.05, 0.1) is 0 Å². The molecule has 1 radical (unpaired) electrons. The first-order chi connectivity index (χ1) is 6.79. The number of rotatable bonds is 0. The van der Waals surface area contributed by atoms with Crippen molar-refractivity contribution in [2.45, 2.75) is 0 Å². The Morgan fingerprint density at radius 3 is 0.938 bits per heavy atom. The molecule has 93 valence electrons. The Labute approximate surface area is 116 Å². The first kappa shape index (κ1) is 17.4. The van der Waals surface area contributed by atoms with E-state index in [1.165, 1.54) is 0 Å². The van der Waals surface area contributed by atoms with E-state index in [0.717, 1.165) is 0 Å². The average molecular weight is 310 g/mol. The Morgan fingerprint density at radius 2 is 0.812 bits per heavy atom. The standard InChI is InChI=1S/2C6H6O.Cu.Ni/c2*7-6-4-2-1-3-5-6;;/h2*1-5,7H;;. The Morgan fingerprint density at radius 1 is 0.562 bits per heavy atom. The topological polar surface area (TPSA) is 40.5 Å². The third-order valence-corrected chi connectivity index (χ3v) is 1.51. The van der Waals surface area contributed by atoms with Gasteiger partial charge in [0.15, 0.2) is 0 Å². The summed E-state index contributed by atoms with van der Waals surface area (Å²) in [6.45, 7) is 0. The number of phenolic OH excluding ortho intramolecular Hbond substituents is 2. The Balaban J connectivity index is 0. The molecule has 2 N–H and O–H groups in total. The van der Waals surface area contributed by atoms with Gasteiger partial charge in [-0.2, -0.15) is 0 Å². The molecule has 0 unspecified atom stereocenters. The summed E-state index contributed by atoms with van der Waals surface area (Å²) in [5.41, 5.74) is 0. The summed E-state index contributed by atoms with van der Waals surface area (Å²) in [5, 5.41) is 17.3. The van der Waals surface area contributed by atoms with Crippen LogP contribution in [-0.2, 0) is 33.6 Å². The summed E-state index contributed by atoms with van der Waals surface area (Å²) < 4.78 is 0. The van der Waals surface area contributed by atoms with Crippen molar-refractivity contribution in [1.82, 2.24) is 0 Å². The summed E-state index contributed by atoms with van der Waals surface area (Å²) in [4.78, 5) is 0. The SMILES string of the molecule is Oc1ccccc1.Oc1ccccc1.[Cu].[Ni]. The fourth-order valence-corrected chi connectivity index (χ4v) is 0.856. The number of aromatic hydroxyl groups is 2. The average Bonchev–Trinajstić information content (AvgIpc) is 2.21. The second-order valence-corrected chi connectivity index (χ2v) is 2.67. The van der Waals surface area contributed by atoms with E-state index in [1.807, 2.05) is 12.1 Å². The van der Waals surface area contributed by atoms with E-state index in [0.29, 0.717) is 11.5 Å². The fourth-order valence-electron chi connectivity index (χ4n) is 0.856. The van der Waals surface area contributed by atoms with E-state index >= 15 is 0 Å². The van der Waals surface area contributed by atoms with Crippen molar-refractivity contribution >= 4 is 0 Å². The molecule has 2 aromatic rings. The van der Waals surface area contributed by atoms with Gasteiger partial charge in [0.25, 0.3) is 0 Å². The molecule has 16 heavy (non-hydrogen) atoms. The molecular formula is C12H12CuNiO2. The van der Waals surface area contributed by atoms with Crippen LogP contribution >= 0.6 is 0 Å². The largest absolute Gasteiger partial charge is 0.508 e. The molecule has 0 saturated heterocycles. The van der Waals surface area contributed by atoms with E-state index in [4.69, 9.17) is 10.2 Å². The van der Waals surface area contributed by atoms with Crippen molar-refractivity contribution in [3.8, 4) is 11.5 Å². The Kier molecular flexibility index (Phi) is 11.5. The molecule has 2 nitrogen and oxygen atoms in total. The van der Waals surface area contributed by atoms with E-state index < -0.39 is 0 Å². The predicted molar refractivity (Wildman–Crippen MR) is 56.2 cm³/mol. The van der Waals surface area contributed by atoms with Gasteiger partial charge in [-0.1, -0.05) is 36.4 Å². The Bertz CT molecular complexity index is 316. The fraction of sp³-hybridized carbons (Fsp3) is 0. The number of phenols is 2. The zero-order chi connectivity index (χ0) is 10.2. The van der Waals surface area contributed by atoms with Crippen LogP contribution in [0.15, 0.2) is 60.7 Å². The third-order valence-electron chi connectivity index (χ3n) is 1.51. The molecule has 0 aromatic heterocycles. The van der Waals surface area contributed by atoms with Crippen LogP contribution in [0.5, 0.6) is 11.5 Å². The maximum absolute atomic E-state index is 8.63. The van der Waals surface area contributed by atoms with Gasteiger partial charge < -0.3 is 10.2 Å². The summed E-state index contributed by atoms with van der Waals surface area (Å²) in [6, 6.07) is 17.4. The quantitative estimate of drug-likeness (QED) is 0.735. The van der Waals surface area contributed by atoms with Crippen molar-refractivity contribution < 1.29 is 43.8 Å². The van der Waals surface area contributed by atoms with Crippen LogP contribution in [0, 0.1) is 0 Å². The van der Waals surface area contributed by atoms with Gasteiger partial charge in [0.2, 0.25) is 0 Å². The second-order valence-electron chi connectivity index (χ2n) is 2.67. The molecule has 0 amide bonds. The van der Waals surface area contributed by atoms with Crippen LogP contribution in [-0.4, -0.2) is 10.2 Å².